The van der Waals surface area contributed by atoms with E-state index >= 15 is 0 Å². The van der Waals surface area contributed by atoms with Gasteiger partial charge in [-0.05, 0) is 63.4 Å². The van der Waals surface area contributed by atoms with Gasteiger partial charge in [0.2, 0.25) is 0 Å². The maximum Gasteiger partial charge on any atom is 0.0378 e. The number of rotatable bonds is 2. The van der Waals surface area contributed by atoms with E-state index in [4.69, 9.17) is 0 Å². The van der Waals surface area contributed by atoms with Crippen molar-refractivity contribution >= 4 is 13.5 Å². The van der Waals surface area contributed by atoms with Gasteiger partial charge in [0.1, 0.15) is 0 Å². The zero-order valence-corrected chi connectivity index (χ0v) is 10.5. The van der Waals surface area contributed by atoms with E-state index in [1.807, 2.05) is 0 Å². The molecule has 1 atom stereocenters. The monoisotopic (exact) mass is 224 g/mol. The summed E-state index contributed by atoms with van der Waals surface area (Å²) in [5.41, 5.74) is 3.74. The van der Waals surface area contributed by atoms with Gasteiger partial charge in [0, 0.05) is 11.4 Å². The first kappa shape index (κ1) is 12.5. The Bertz CT molecular complexity index is 299. The molecule has 2 heterocycles. The van der Waals surface area contributed by atoms with Gasteiger partial charge in [-0.2, -0.15) is 13.5 Å². The van der Waals surface area contributed by atoms with E-state index in [1.54, 1.807) is 0 Å². The van der Waals surface area contributed by atoms with Crippen molar-refractivity contribution in [1.29, 1.82) is 0 Å². The quantitative estimate of drug-likeness (QED) is 0.830. The van der Waals surface area contributed by atoms with E-state index in [-0.39, 0.29) is 13.5 Å². The van der Waals surface area contributed by atoms with Crippen LogP contribution < -0.4 is 5.32 Å². The normalized spacial score (nSPS) is 20.0. The Morgan fingerprint density at radius 2 is 2.00 bits per heavy atom. The SMILES string of the molecule is Cc1cc(C[C@H]2CCNC2)cc(C)n1.S. The second-order valence-electron chi connectivity index (χ2n) is 4.32. The van der Waals surface area contributed by atoms with E-state index in [2.05, 4.69) is 36.3 Å². The minimum absolute atomic E-state index is 0. The fourth-order valence-corrected chi connectivity index (χ4v) is 2.26. The summed E-state index contributed by atoms with van der Waals surface area (Å²) in [6, 6.07) is 4.43. The van der Waals surface area contributed by atoms with Crippen molar-refractivity contribution in [3.05, 3.63) is 29.1 Å². The van der Waals surface area contributed by atoms with E-state index in [1.165, 1.54) is 31.5 Å². The smallest absolute Gasteiger partial charge is 0.0378 e. The highest BCUT2D eigenvalue weighted by molar-refractivity contribution is 7.59. The summed E-state index contributed by atoms with van der Waals surface area (Å²) in [6.07, 6.45) is 2.53. The molecule has 2 rings (SSSR count). The summed E-state index contributed by atoms with van der Waals surface area (Å²) in [4.78, 5) is 4.39. The van der Waals surface area contributed by atoms with Crippen LogP contribution in [0.4, 0.5) is 0 Å². The summed E-state index contributed by atoms with van der Waals surface area (Å²) in [6.45, 7) is 6.51. The summed E-state index contributed by atoms with van der Waals surface area (Å²) < 4.78 is 0. The molecular weight excluding hydrogens is 204 g/mol. The Labute approximate surface area is 98.9 Å². The summed E-state index contributed by atoms with van der Waals surface area (Å²) in [7, 11) is 0. The van der Waals surface area contributed by atoms with Gasteiger partial charge < -0.3 is 5.32 Å². The third-order valence-electron chi connectivity index (χ3n) is 2.83. The van der Waals surface area contributed by atoms with E-state index in [9.17, 15) is 0 Å². The van der Waals surface area contributed by atoms with Crippen molar-refractivity contribution in [2.24, 2.45) is 5.92 Å². The van der Waals surface area contributed by atoms with Gasteiger partial charge in [-0.1, -0.05) is 0 Å². The molecule has 0 spiro atoms. The predicted molar refractivity (Wildman–Crippen MR) is 68.8 cm³/mol. The highest BCUT2D eigenvalue weighted by Gasteiger charge is 2.14. The zero-order valence-electron chi connectivity index (χ0n) is 9.51. The number of nitrogens with one attached hydrogen (secondary N) is 1. The van der Waals surface area contributed by atoms with Crippen molar-refractivity contribution in [2.45, 2.75) is 26.7 Å². The summed E-state index contributed by atoms with van der Waals surface area (Å²) >= 11 is 0. The molecule has 15 heavy (non-hydrogen) atoms. The lowest BCUT2D eigenvalue weighted by Crippen LogP contribution is -2.11. The van der Waals surface area contributed by atoms with Crippen LogP contribution in [0.3, 0.4) is 0 Å². The highest BCUT2D eigenvalue weighted by Crippen LogP contribution is 2.16. The minimum atomic E-state index is 0. The van der Waals surface area contributed by atoms with Crippen LogP contribution >= 0.6 is 13.5 Å². The van der Waals surface area contributed by atoms with Crippen LogP contribution in [-0.4, -0.2) is 18.1 Å². The molecule has 3 heteroatoms. The average molecular weight is 224 g/mol. The van der Waals surface area contributed by atoms with Crippen LogP contribution in [0, 0.1) is 19.8 Å². The topological polar surface area (TPSA) is 24.9 Å². The number of aromatic nitrogens is 1. The van der Waals surface area contributed by atoms with Gasteiger partial charge in [-0.25, -0.2) is 0 Å². The van der Waals surface area contributed by atoms with E-state index < -0.39 is 0 Å². The molecule has 0 saturated carbocycles. The number of aryl methyl sites for hydroxylation is 2. The molecule has 1 aromatic heterocycles. The van der Waals surface area contributed by atoms with Gasteiger partial charge in [0.25, 0.3) is 0 Å². The van der Waals surface area contributed by atoms with Crippen LogP contribution in [0.1, 0.15) is 23.4 Å². The van der Waals surface area contributed by atoms with Crippen LogP contribution in [0.15, 0.2) is 12.1 Å². The first-order chi connectivity index (χ1) is 6.74. The van der Waals surface area contributed by atoms with Crippen LogP contribution in [0.5, 0.6) is 0 Å². The van der Waals surface area contributed by atoms with Gasteiger partial charge in [0.15, 0.2) is 0 Å². The Balaban J connectivity index is 0.00000112. The summed E-state index contributed by atoms with van der Waals surface area (Å²) in [5.74, 6) is 0.830. The number of pyridine rings is 1. The van der Waals surface area contributed by atoms with E-state index in [0.29, 0.717) is 0 Å². The third-order valence-corrected chi connectivity index (χ3v) is 2.83. The fraction of sp³-hybridized carbons (Fsp3) is 0.583. The Morgan fingerprint density at radius 3 is 2.53 bits per heavy atom. The van der Waals surface area contributed by atoms with Crippen molar-refractivity contribution < 1.29 is 0 Å². The molecule has 0 radical (unpaired) electrons. The van der Waals surface area contributed by atoms with Crippen LogP contribution in [-0.2, 0) is 6.42 Å². The Morgan fingerprint density at radius 1 is 1.33 bits per heavy atom. The molecular formula is C12H20N2S. The molecule has 1 fully saturated rings. The number of hydrogen-bond donors (Lipinski definition) is 1. The van der Waals surface area contributed by atoms with E-state index in [0.717, 1.165) is 17.3 Å². The zero-order chi connectivity index (χ0) is 9.97. The minimum Gasteiger partial charge on any atom is -0.316 e. The molecule has 0 unspecified atom stereocenters. The largest absolute Gasteiger partial charge is 0.316 e. The lowest BCUT2D eigenvalue weighted by molar-refractivity contribution is 0.579. The molecule has 1 N–H and O–H groups in total. The first-order valence-electron chi connectivity index (χ1n) is 5.39. The maximum atomic E-state index is 4.39. The molecule has 1 aromatic rings. The average Bonchev–Trinajstić information content (AvgIpc) is 2.54. The number of nitrogens with zero attached hydrogens (tertiary/aromatic N) is 1. The molecule has 0 bridgehead atoms. The van der Waals surface area contributed by atoms with Crippen LogP contribution in [0.25, 0.3) is 0 Å². The van der Waals surface area contributed by atoms with Crippen LogP contribution in [0.2, 0.25) is 0 Å². The molecule has 0 amide bonds. The van der Waals surface area contributed by atoms with Crippen molar-refractivity contribution in [2.75, 3.05) is 13.1 Å². The maximum absolute atomic E-state index is 4.39. The second kappa shape index (κ2) is 5.52. The van der Waals surface area contributed by atoms with Gasteiger partial charge in [-0.15, -0.1) is 0 Å². The van der Waals surface area contributed by atoms with Gasteiger partial charge >= 0.3 is 0 Å². The van der Waals surface area contributed by atoms with Gasteiger partial charge in [0.05, 0.1) is 0 Å². The third kappa shape index (κ3) is 3.50. The molecule has 1 aliphatic rings. The fourth-order valence-electron chi connectivity index (χ4n) is 2.26. The standard InChI is InChI=1S/C12H18N2.H2S/c1-9-5-12(6-10(2)14-9)7-11-3-4-13-8-11;/h5-6,11,13H,3-4,7-8H2,1-2H3;1H2/t11-;/m1./s1. The lowest BCUT2D eigenvalue weighted by Gasteiger charge is -2.09. The second-order valence-corrected chi connectivity index (χ2v) is 4.32. The summed E-state index contributed by atoms with van der Waals surface area (Å²) in [5, 5.41) is 3.41. The Hall–Kier alpha value is -0.540. The van der Waals surface area contributed by atoms with Gasteiger partial charge in [-0.3, -0.25) is 4.98 Å². The molecule has 84 valence electrons. The first-order valence-corrected chi connectivity index (χ1v) is 5.39. The molecule has 0 aliphatic carbocycles. The number of hydrogen-bond acceptors (Lipinski definition) is 2. The molecule has 2 nitrogen and oxygen atoms in total. The van der Waals surface area contributed by atoms with Crippen molar-refractivity contribution in [3.8, 4) is 0 Å². The molecule has 1 saturated heterocycles. The Kier molecular flexibility index (Phi) is 4.61. The lowest BCUT2D eigenvalue weighted by atomic mass is 9.98. The van der Waals surface area contributed by atoms with Crippen molar-refractivity contribution in [1.82, 2.24) is 10.3 Å². The van der Waals surface area contributed by atoms with Crippen molar-refractivity contribution in [3.63, 3.8) is 0 Å². The predicted octanol–water partition coefficient (Wildman–Crippen LogP) is 1.96. The molecule has 1 aliphatic heterocycles. The highest BCUT2D eigenvalue weighted by atomic mass is 32.1. The molecule has 0 aromatic carbocycles.